The third-order valence-electron chi connectivity index (χ3n) is 6.80. The van der Waals surface area contributed by atoms with E-state index in [0.29, 0.717) is 11.4 Å². The fourth-order valence-corrected chi connectivity index (χ4v) is 4.81. The highest BCUT2D eigenvalue weighted by molar-refractivity contribution is 5.94. The zero-order valence-corrected chi connectivity index (χ0v) is 15.1. The molecule has 2 aromatic rings. The fraction of sp³-hybridized carbons (Fsp3) is 0.429. The van der Waals surface area contributed by atoms with Crippen molar-refractivity contribution in [2.75, 3.05) is 12.3 Å². The number of pyridine rings is 1. The minimum atomic E-state index is 0.0104. The Morgan fingerprint density at radius 1 is 1.20 bits per heavy atom. The number of rotatable bonds is 1. The Labute approximate surface area is 149 Å². The smallest absolute Gasteiger partial charge is 0.255 e. The van der Waals surface area contributed by atoms with Crippen LogP contribution in [0.4, 0.5) is 5.82 Å². The minimum Gasteiger partial charge on any atom is -0.384 e. The van der Waals surface area contributed by atoms with Crippen LogP contribution in [0.1, 0.15) is 48.7 Å². The van der Waals surface area contributed by atoms with Crippen LogP contribution in [0, 0.1) is 5.41 Å². The van der Waals surface area contributed by atoms with Crippen LogP contribution in [0.5, 0.6) is 0 Å². The molecule has 0 saturated carbocycles. The molecule has 2 bridgehead atoms. The summed E-state index contributed by atoms with van der Waals surface area (Å²) >= 11 is 0. The summed E-state index contributed by atoms with van der Waals surface area (Å²) in [7, 11) is 0. The Morgan fingerprint density at radius 2 is 1.96 bits per heavy atom. The van der Waals surface area contributed by atoms with E-state index in [1.165, 1.54) is 11.1 Å². The van der Waals surface area contributed by atoms with Gasteiger partial charge in [0.2, 0.25) is 0 Å². The molecule has 2 N–H and O–H groups in total. The van der Waals surface area contributed by atoms with E-state index in [2.05, 4.69) is 54.9 Å². The van der Waals surface area contributed by atoms with Gasteiger partial charge in [0.15, 0.2) is 0 Å². The van der Waals surface area contributed by atoms with Gasteiger partial charge >= 0.3 is 0 Å². The van der Waals surface area contributed by atoms with Crippen molar-refractivity contribution in [1.82, 2.24) is 9.88 Å². The summed E-state index contributed by atoms with van der Waals surface area (Å²) in [4.78, 5) is 19.3. The van der Waals surface area contributed by atoms with Gasteiger partial charge in [-0.15, -0.1) is 0 Å². The average molecular weight is 335 g/mol. The van der Waals surface area contributed by atoms with Crippen molar-refractivity contribution >= 4 is 11.7 Å². The van der Waals surface area contributed by atoms with E-state index >= 15 is 0 Å². The number of hydrogen-bond acceptors (Lipinski definition) is 3. The lowest BCUT2D eigenvalue weighted by molar-refractivity contribution is -0.0262. The lowest BCUT2D eigenvalue weighted by Gasteiger charge is -2.60. The molecule has 25 heavy (non-hydrogen) atoms. The second-order valence-corrected chi connectivity index (χ2v) is 8.15. The summed E-state index contributed by atoms with van der Waals surface area (Å²) in [6, 6.07) is 12.4. The number of amides is 1. The average Bonchev–Trinajstić information content (AvgIpc) is 2.58. The number of hydrogen-bond donors (Lipinski definition) is 1. The Hall–Kier alpha value is -2.36. The van der Waals surface area contributed by atoms with Crippen LogP contribution in [0.2, 0.25) is 0 Å². The summed E-state index contributed by atoms with van der Waals surface area (Å²) < 4.78 is 0. The molecule has 1 aliphatic carbocycles. The highest BCUT2D eigenvalue weighted by atomic mass is 16.2. The summed E-state index contributed by atoms with van der Waals surface area (Å²) in [6.45, 7) is 7.77. The normalized spacial score (nSPS) is 26.8. The number of anilines is 1. The first-order valence-electron chi connectivity index (χ1n) is 8.95. The van der Waals surface area contributed by atoms with E-state index in [4.69, 9.17) is 5.73 Å². The molecule has 1 fully saturated rings. The van der Waals surface area contributed by atoms with Gasteiger partial charge in [-0.05, 0) is 41.5 Å². The number of fused-ring (bicyclic) bond motifs is 4. The van der Waals surface area contributed by atoms with Gasteiger partial charge in [-0.2, -0.15) is 0 Å². The molecule has 1 amide bonds. The number of nitrogen functional groups attached to an aromatic ring is 1. The second kappa shape index (κ2) is 5.32. The van der Waals surface area contributed by atoms with Gasteiger partial charge in [0.05, 0.1) is 5.56 Å². The molecule has 130 valence electrons. The first-order valence-corrected chi connectivity index (χ1v) is 8.95. The SMILES string of the molecule is CC1(C)[C@H]2Cc3ccccc3[C@]1(C)CCN2C(=O)c1ccc(N)nc1. The number of nitrogens with two attached hydrogens (primary N) is 1. The molecular weight excluding hydrogens is 310 g/mol. The van der Waals surface area contributed by atoms with E-state index in [1.807, 2.05) is 0 Å². The predicted molar refractivity (Wildman–Crippen MR) is 99.4 cm³/mol. The summed E-state index contributed by atoms with van der Waals surface area (Å²) in [6.07, 6.45) is 3.48. The van der Waals surface area contributed by atoms with Crippen molar-refractivity contribution in [2.24, 2.45) is 5.41 Å². The van der Waals surface area contributed by atoms with Crippen molar-refractivity contribution in [3.8, 4) is 0 Å². The molecular formula is C21H25N3O. The van der Waals surface area contributed by atoms with Crippen LogP contribution in [-0.2, 0) is 11.8 Å². The van der Waals surface area contributed by atoms with Crippen LogP contribution in [0.15, 0.2) is 42.6 Å². The molecule has 1 saturated heterocycles. The number of carbonyl (C=O) groups is 1. The van der Waals surface area contributed by atoms with Gasteiger partial charge in [0, 0.05) is 24.2 Å². The molecule has 2 heterocycles. The Morgan fingerprint density at radius 3 is 2.68 bits per heavy atom. The van der Waals surface area contributed by atoms with E-state index in [9.17, 15) is 4.79 Å². The first kappa shape index (κ1) is 16.1. The standard InChI is InChI=1S/C21H25N3O/c1-20(2)17-12-14-6-4-5-7-16(14)21(20,3)10-11-24(17)19(25)15-8-9-18(22)23-13-15/h4-9,13,17H,10-12H2,1-3H3,(H2,22,23)/t17-,21+/m1/s1. The van der Waals surface area contributed by atoms with Crippen LogP contribution >= 0.6 is 0 Å². The van der Waals surface area contributed by atoms with E-state index in [-0.39, 0.29) is 22.8 Å². The van der Waals surface area contributed by atoms with Crippen molar-refractivity contribution in [3.05, 3.63) is 59.3 Å². The first-order chi connectivity index (χ1) is 11.8. The third kappa shape index (κ3) is 2.20. The van der Waals surface area contributed by atoms with Gasteiger partial charge in [-0.1, -0.05) is 45.0 Å². The molecule has 1 aromatic carbocycles. The highest BCUT2D eigenvalue weighted by Gasteiger charge is 2.56. The van der Waals surface area contributed by atoms with Crippen LogP contribution in [0.3, 0.4) is 0 Å². The lowest BCUT2D eigenvalue weighted by Crippen LogP contribution is -2.64. The molecule has 0 radical (unpaired) electrons. The van der Waals surface area contributed by atoms with E-state index in [0.717, 1.165) is 19.4 Å². The minimum absolute atomic E-state index is 0.0104. The molecule has 2 aliphatic rings. The molecule has 0 spiro atoms. The Balaban J connectivity index is 1.75. The van der Waals surface area contributed by atoms with Gasteiger partial charge in [-0.3, -0.25) is 4.79 Å². The van der Waals surface area contributed by atoms with Crippen molar-refractivity contribution in [3.63, 3.8) is 0 Å². The number of nitrogens with zero attached hydrogens (tertiary/aromatic N) is 2. The molecule has 2 atom stereocenters. The summed E-state index contributed by atoms with van der Waals surface area (Å²) in [5.74, 6) is 0.502. The topological polar surface area (TPSA) is 59.2 Å². The van der Waals surface area contributed by atoms with Gasteiger partial charge in [0.25, 0.3) is 5.91 Å². The molecule has 4 nitrogen and oxygen atoms in total. The van der Waals surface area contributed by atoms with E-state index < -0.39 is 0 Å². The van der Waals surface area contributed by atoms with E-state index in [1.54, 1.807) is 18.3 Å². The monoisotopic (exact) mass is 335 g/mol. The van der Waals surface area contributed by atoms with Crippen LogP contribution in [0.25, 0.3) is 0 Å². The second-order valence-electron chi connectivity index (χ2n) is 8.15. The highest BCUT2D eigenvalue weighted by Crippen LogP contribution is 2.56. The Kier molecular flexibility index (Phi) is 3.43. The zero-order chi connectivity index (χ0) is 17.8. The lowest BCUT2D eigenvalue weighted by atomic mass is 9.51. The largest absolute Gasteiger partial charge is 0.384 e. The molecule has 1 aromatic heterocycles. The molecule has 4 heteroatoms. The van der Waals surface area contributed by atoms with Gasteiger partial charge in [0.1, 0.15) is 5.82 Å². The summed E-state index contributed by atoms with van der Waals surface area (Å²) in [5.41, 5.74) is 9.21. The number of piperidine rings is 1. The maximum atomic E-state index is 13.2. The van der Waals surface area contributed by atoms with Crippen molar-refractivity contribution in [1.29, 1.82) is 0 Å². The molecule has 4 rings (SSSR count). The number of likely N-dealkylation sites (tertiary alicyclic amines) is 1. The quantitative estimate of drug-likeness (QED) is 0.869. The van der Waals surface area contributed by atoms with Crippen LogP contribution < -0.4 is 5.73 Å². The Bertz CT molecular complexity index is 827. The molecule has 0 unspecified atom stereocenters. The molecule has 1 aliphatic heterocycles. The summed E-state index contributed by atoms with van der Waals surface area (Å²) in [5, 5.41) is 0. The van der Waals surface area contributed by atoms with Crippen molar-refractivity contribution < 1.29 is 4.79 Å². The third-order valence-corrected chi connectivity index (χ3v) is 6.80. The van der Waals surface area contributed by atoms with Crippen LogP contribution in [-0.4, -0.2) is 28.4 Å². The number of benzene rings is 1. The predicted octanol–water partition coefficient (Wildman–Crippen LogP) is 3.42. The number of carbonyl (C=O) groups excluding carboxylic acids is 1. The van der Waals surface area contributed by atoms with Gasteiger partial charge < -0.3 is 10.6 Å². The zero-order valence-electron chi connectivity index (χ0n) is 15.1. The van der Waals surface area contributed by atoms with Crippen molar-refractivity contribution in [2.45, 2.75) is 45.1 Å². The van der Waals surface area contributed by atoms with Gasteiger partial charge in [-0.25, -0.2) is 4.98 Å². The maximum Gasteiger partial charge on any atom is 0.255 e. The maximum absolute atomic E-state index is 13.2. The fourth-order valence-electron chi connectivity index (χ4n) is 4.81. The number of aromatic nitrogens is 1.